The van der Waals surface area contributed by atoms with Crippen molar-refractivity contribution in [3.8, 4) is 5.75 Å². The zero-order valence-corrected chi connectivity index (χ0v) is 17.6. The summed E-state index contributed by atoms with van der Waals surface area (Å²) in [7, 11) is 0. The molecule has 144 valence electrons. The Morgan fingerprint density at radius 3 is 2.62 bits per heavy atom. The topological polar surface area (TPSA) is 38.3 Å². The molecule has 0 radical (unpaired) electrons. The summed E-state index contributed by atoms with van der Waals surface area (Å²) in [5.41, 5.74) is 0.329. The number of halogens is 2. The molecule has 1 fully saturated rings. The van der Waals surface area contributed by atoms with Gasteiger partial charge >= 0.3 is 0 Å². The van der Waals surface area contributed by atoms with Crippen LogP contribution < -0.4 is 10.1 Å². The largest absolute Gasteiger partial charge is 0.476 e. The molecule has 1 N–H and O–H groups in total. The van der Waals surface area contributed by atoms with Crippen molar-refractivity contribution >= 4 is 29.1 Å². The van der Waals surface area contributed by atoms with E-state index in [9.17, 15) is 4.79 Å². The molecule has 3 nitrogen and oxygen atoms in total. The molecule has 1 saturated carbocycles. The van der Waals surface area contributed by atoms with Gasteiger partial charge in [0.2, 0.25) is 0 Å². The van der Waals surface area contributed by atoms with Gasteiger partial charge in [-0.1, -0.05) is 48.2 Å². The van der Waals surface area contributed by atoms with E-state index in [-0.39, 0.29) is 11.9 Å². The molecular formula is C21H29Cl2NO2. The third-order valence-electron chi connectivity index (χ3n) is 5.12. The van der Waals surface area contributed by atoms with Gasteiger partial charge in [-0.15, -0.1) is 0 Å². The van der Waals surface area contributed by atoms with Crippen LogP contribution in [0.3, 0.4) is 0 Å². The number of carbonyl (C=O) groups is 1. The van der Waals surface area contributed by atoms with E-state index in [1.54, 1.807) is 32.0 Å². The van der Waals surface area contributed by atoms with Crippen molar-refractivity contribution in [3.63, 3.8) is 0 Å². The first-order chi connectivity index (χ1) is 12.2. The van der Waals surface area contributed by atoms with Crippen LogP contribution in [0.25, 0.3) is 0 Å². The van der Waals surface area contributed by atoms with Crippen molar-refractivity contribution < 1.29 is 9.53 Å². The molecule has 0 bridgehead atoms. The average molecular weight is 398 g/mol. The van der Waals surface area contributed by atoms with Crippen LogP contribution in [0.5, 0.6) is 5.75 Å². The summed E-state index contributed by atoms with van der Waals surface area (Å²) >= 11 is 12.1. The molecule has 0 saturated heterocycles. The predicted molar refractivity (Wildman–Crippen MR) is 109 cm³/mol. The number of hydrogen-bond donors (Lipinski definition) is 1. The maximum absolute atomic E-state index is 12.9. The van der Waals surface area contributed by atoms with Crippen LogP contribution >= 0.6 is 23.2 Å². The van der Waals surface area contributed by atoms with Gasteiger partial charge in [0.25, 0.3) is 5.91 Å². The lowest BCUT2D eigenvalue weighted by Crippen LogP contribution is -2.52. The standard InChI is InChI=1S/C21H29Cl2NO2/c1-5-14(2)9-11-18(15-7-6-8-15)24-20(25)21(3,4)26-19-12-10-16(22)13-17(19)23/h9-10,12-13,15,18H,5-8,11H2,1-4H3,(H,24,25)/b14-9+. The Hall–Kier alpha value is -1.19. The van der Waals surface area contributed by atoms with Crippen LogP contribution in [0.4, 0.5) is 0 Å². The summed E-state index contributed by atoms with van der Waals surface area (Å²) < 4.78 is 5.91. The van der Waals surface area contributed by atoms with Crippen molar-refractivity contribution in [2.45, 2.75) is 71.4 Å². The van der Waals surface area contributed by atoms with E-state index in [1.807, 2.05) is 0 Å². The van der Waals surface area contributed by atoms with E-state index < -0.39 is 5.60 Å². The molecule has 0 aromatic heterocycles. The average Bonchev–Trinajstić information content (AvgIpc) is 2.53. The van der Waals surface area contributed by atoms with Crippen molar-refractivity contribution in [2.24, 2.45) is 5.92 Å². The number of benzene rings is 1. The minimum Gasteiger partial charge on any atom is -0.476 e. The molecule has 1 atom stereocenters. The Morgan fingerprint density at radius 1 is 1.38 bits per heavy atom. The van der Waals surface area contributed by atoms with Crippen LogP contribution in [0.2, 0.25) is 10.0 Å². The maximum atomic E-state index is 12.9. The van der Waals surface area contributed by atoms with E-state index in [1.165, 1.54) is 24.8 Å². The Kier molecular flexibility index (Phi) is 7.42. The first-order valence-electron chi connectivity index (χ1n) is 9.33. The Morgan fingerprint density at radius 2 is 2.08 bits per heavy atom. The number of allylic oxidation sites excluding steroid dienone is 1. The lowest BCUT2D eigenvalue weighted by Gasteiger charge is -2.36. The molecule has 1 aliphatic rings. The Balaban J connectivity index is 2.05. The molecule has 1 unspecified atom stereocenters. The van der Waals surface area contributed by atoms with Crippen LogP contribution in [-0.2, 0) is 4.79 Å². The summed E-state index contributed by atoms with van der Waals surface area (Å²) in [5.74, 6) is 0.885. The molecule has 1 aliphatic carbocycles. The third kappa shape index (κ3) is 5.65. The van der Waals surface area contributed by atoms with Gasteiger partial charge in [-0.25, -0.2) is 0 Å². The minimum atomic E-state index is -1.02. The third-order valence-corrected chi connectivity index (χ3v) is 5.65. The molecule has 0 heterocycles. The second-order valence-electron chi connectivity index (χ2n) is 7.60. The van der Waals surface area contributed by atoms with Gasteiger partial charge < -0.3 is 10.1 Å². The van der Waals surface area contributed by atoms with Crippen molar-refractivity contribution in [2.75, 3.05) is 0 Å². The van der Waals surface area contributed by atoms with Crippen molar-refractivity contribution in [3.05, 3.63) is 39.9 Å². The summed E-state index contributed by atoms with van der Waals surface area (Å²) in [5, 5.41) is 4.15. The highest BCUT2D eigenvalue weighted by atomic mass is 35.5. The fraction of sp³-hybridized carbons (Fsp3) is 0.571. The molecule has 1 aromatic carbocycles. The van der Waals surface area contributed by atoms with Crippen LogP contribution in [0, 0.1) is 5.92 Å². The molecule has 1 aromatic rings. The first kappa shape index (κ1) is 21.1. The molecule has 2 rings (SSSR count). The number of hydrogen-bond acceptors (Lipinski definition) is 2. The van der Waals surface area contributed by atoms with Crippen LogP contribution in [0.15, 0.2) is 29.8 Å². The highest BCUT2D eigenvalue weighted by Gasteiger charge is 2.35. The van der Waals surface area contributed by atoms with E-state index in [2.05, 4.69) is 25.2 Å². The van der Waals surface area contributed by atoms with Crippen molar-refractivity contribution in [1.82, 2.24) is 5.32 Å². The number of ether oxygens (including phenoxy) is 1. The highest BCUT2D eigenvalue weighted by molar-refractivity contribution is 6.35. The quantitative estimate of drug-likeness (QED) is 0.531. The van der Waals surface area contributed by atoms with E-state index in [0.29, 0.717) is 21.7 Å². The Bertz CT molecular complexity index is 666. The zero-order valence-electron chi connectivity index (χ0n) is 16.1. The SMILES string of the molecule is CC/C(C)=C/CC(NC(=O)C(C)(C)Oc1ccc(Cl)cc1Cl)C1CCC1. The molecule has 5 heteroatoms. The second kappa shape index (κ2) is 9.14. The molecule has 0 spiro atoms. The normalized spacial score (nSPS) is 16.8. The Labute approximate surface area is 167 Å². The van der Waals surface area contributed by atoms with Gasteiger partial charge in [0.1, 0.15) is 5.75 Å². The maximum Gasteiger partial charge on any atom is 0.263 e. The minimum absolute atomic E-state index is 0.122. The van der Waals surface area contributed by atoms with Gasteiger partial charge in [0.15, 0.2) is 5.60 Å². The van der Waals surface area contributed by atoms with Gasteiger partial charge in [-0.3, -0.25) is 4.79 Å². The summed E-state index contributed by atoms with van der Waals surface area (Å²) in [6.45, 7) is 7.81. The van der Waals surface area contributed by atoms with Gasteiger partial charge in [-0.2, -0.15) is 0 Å². The van der Waals surface area contributed by atoms with Gasteiger partial charge in [-0.05, 0) is 70.6 Å². The fourth-order valence-electron chi connectivity index (χ4n) is 2.91. The van der Waals surface area contributed by atoms with Crippen LogP contribution in [0.1, 0.15) is 59.8 Å². The summed E-state index contributed by atoms with van der Waals surface area (Å²) in [6.07, 6.45) is 7.74. The smallest absolute Gasteiger partial charge is 0.263 e. The number of rotatable bonds is 8. The molecule has 1 amide bonds. The summed E-state index contributed by atoms with van der Waals surface area (Å²) in [4.78, 5) is 12.9. The van der Waals surface area contributed by atoms with E-state index in [0.717, 1.165) is 12.8 Å². The predicted octanol–water partition coefficient (Wildman–Crippen LogP) is 6.18. The monoisotopic (exact) mass is 397 g/mol. The molecule has 26 heavy (non-hydrogen) atoms. The van der Waals surface area contributed by atoms with E-state index >= 15 is 0 Å². The van der Waals surface area contributed by atoms with Crippen LogP contribution in [-0.4, -0.2) is 17.6 Å². The number of carbonyl (C=O) groups excluding carboxylic acids is 1. The van der Waals surface area contributed by atoms with Gasteiger partial charge in [0, 0.05) is 11.1 Å². The number of nitrogens with one attached hydrogen (secondary N) is 1. The van der Waals surface area contributed by atoms with E-state index in [4.69, 9.17) is 27.9 Å². The van der Waals surface area contributed by atoms with Crippen molar-refractivity contribution in [1.29, 1.82) is 0 Å². The zero-order chi connectivity index (χ0) is 19.3. The summed E-state index contributed by atoms with van der Waals surface area (Å²) in [6, 6.07) is 5.16. The molecular weight excluding hydrogens is 369 g/mol. The lowest BCUT2D eigenvalue weighted by atomic mass is 9.78. The highest BCUT2D eigenvalue weighted by Crippen LogP contribution is 2.33. The number of amides is 1. The molecule has 0 aliphatic heterocycles. The van der Waals surface area contributed by atoms with Gasteiger partial charge in [0.05, 0.1) is 5.02 Å². The second-order valence-corrected chi connectivity index (χ2v) is 8.44. The lowest BCUT2D eigenvalue weighted by molar-refractivity contribution is -0.135. The fourth-order valence-corrected chi connectivity index (χ4v) is 3.35. The first-order valence-corrected chi connectivity index (χ1v) is 10.1.